The van der Waals surface area contributed by atoms with E-state index in [4.69, 9.17) is 12.2 Å². The SMILES string of the molecule is Fc1cccc(-n2c(=S)[nH]c3cc(Br)c(F)cc32)c1. The summed E-state index contributed by atoms with van der Waals surface area (Å²) < 4.78 is 29.3. The Balaban J connectivity index is 2.38. The van der Waals surface area contributed by atoms with Crippen molar-refractivity contribution in [3.8, 4) is 5.69 Å². The van der Waals surface area contributed by atoms with Gasteiger partial charge in [-0.05, 0) is 52.4 Å². The van der Waals surface area contributed by atoms with Gasteiger partial charge in [-0.25, -0.2) is 8.78 Å². The molecule has 0 aliphatic rings. The highest BCUT2D eigenvalue weighted by Gasteiger charge is 2.10. The normalized spacial score (nSPS) is 11.1. The number of aromatic nitrogens is 2. The van der Waals surface area contributed by atoms with Crippen LogP contribution in [0, 0.1) is 16.4 Å². The Labute approximate surface area is 120 Å². The third-order valence-corrected chi connectivity index (χ3v) is 3.68. The van der Waals surface area contributed by atoms with E-state index in [1.807, 2.05) is 0 Å². The van der Waals surface area contributed by atoms with Gasteiger partial charge in [0.25, 0.3) is 0 Å². The molecule has 0 saturated heterocycles. The van der Waals surface area contributed by atoms with Gasteiger partial charge in [-0.3, -0.25) is 4.57 Å². The number of benzene rings is 2. The maximum Gasteiger partial charge on any atom is 0.182 e. The summed E-state index contributed by atoms with van der Waals surface area (Å²) in [6, 6.07) is 8.96. The largest absolute Gasteiger partial charge is 0.330 e. The molecule has 2 nitrogen and oxygen atoms in total. The lowest BCUT2D eigenvalue weighted by atomic mass is 10.2. The molecule has 0 aliphatic heterocycles. The monoisotopic (exact) mass is 340 g/mol. The minimum absolute atomic E-state index is 0.350. The minimum Gasteiger partial charge on any atom is -0.330 e. The molecule has 0 amide bonds. The van der Waals surface area contributed by atoms with Crippen LogP contribution in [0.4, 0.5) is 8.78 Å². The lowest BCUT2D eigenvalue weighted by Gasteiger charge is -2.05. The van der Waals surface area contributed by atoms with Gasteiger partial charge in [0.05, 0.1) is 21.2 Å². The Hall–Kier alpha value is -1.53. The van der Waals surface area contributed by atoms with Gasteiger partial charge < -0.3 is 4.98 Å². The van der Waals surface area contributed by atoms with E-state index in [2.05, 4.69) is 20.9 Å². The molecule has 3 aromatic rings. The molecule has 3 rings (SSSR count). The first-order valence-corrected chi connectivity index (χ1v) is 6.62. The first-order valence-electron chi connectivity index (χ1n) is 5.42. The first kappa shape index (κ1) is 12.5. The van der Waals surface area contributed by atoms with Crippen LogP contribution in [-0.4, -0.2) is 9.55 Å². The fourth-order valence-electron chi connectivity index (χ4n) is 1.97. The summed E-state index contributed by atoms with van der Waals surface area (Å²) >= 11 is 8.33. The van der Waals surface area contributed by atoms with Gasteiger partial charge in [0.2, 0.25) is 0 Å². The fraction of sp³-hybridized carbons (Fsp3) is 0. The number of H-pyrrole nitrogens is 1. The highest BCUT2D eigenvalue weighted by atomic mass is 79.9. The summed E-state index contributed by atoms with van der Waals surface area (Å²) in [5.74, 6) is -0.766. The van der Waals surface area contributed by atoms with Crippen molar-refractivity contribution in [1.82, 2.24) is 9.55 Å². The van der Waals surface area contributed by atoms with Crippen LogP contribution in [0.1, 0.15) is 0 Å². The Morgan fingerprint density at radius 2 is 1.95 bits per heavy atom. The van der Waals surface area contributed by atoms with Crippen LogP contribution in [-0.2, 0) is 0 Å². The number of nitrogens with zero attached hydrogens (tertiary/aromatic N) is 1. The summed E-state index contributed by atoms with van der Waals surface area (Å²) in [5, 5.41) is 0. The molecule has 6 heteroatoms. The summed E-state index contributed by atoms with van der Waals surface area (Å²) in [6.45, 7) is 0. The predicted octanol–water partition coefficient (Wildman–Crippen LogP) is 4.73. The predicted molar refractivity (Wildman–Crippen MR) is 76.1 cm³/mol. The highest BCUT2D eigenvalue weighted by Crippen LogP contribution is 2.25. The molecule has 0 radical (unpaired) electrons. The van der Waals surface area contributed by atoms with Crippen molar-refractivity contribution in [1.29, 1.82) is 0 Å². The highest BCUT2D eigenvalue weighted by molar-refractivity contribution is 9.10. The lowest BCUT2D eigenvalue weighted by Crippen LogP contribution is -1.95. The van der Waals surface area contributed by atoms with Crippen molar-refractivity contribution in [3.05, 3.63) is 57.3 Å². The molecule has 0 unspecified atom stereocenters. The standard InChI is InChI=1S/C13H7BrF2N2S/c14-9-5-11-12(6-10(9)16)18(13(19)17-11)8-3-1-2-7(15)4-8/h1-6H,(H,17,19). The van der Waals surface area contributed by atoms with Crippen LogP contribution in [0.5, 0.6) is 0 Å². The van der Waals surface area contributed by atoms with Crippen LogP contribution in [0.15, 0.2) is 40.9 Å². The zero-order valence-electron chi connectivity index (χ0n) is 9.45. The number of imidazole rings is 1. The van der Waals surface area contributed by atoms with E-state index < -0.39 is 5.82 Å². The molecule has 0 atom stereocenters. The first-order chi connectivity index (χ1) is 9.06. The molecule has 0 spiro atoms. The Bertz CT molecular complexity index is 838. The molecule has 1 N–H and O–H groups in total. The average Bonchev–Trinajstić information content (AvgIpc) is 2.65. The number of nitrogens with one attached hydrogen (secondary N) is 1. The van der Waals surface area contributed by atoms with Gasteiger partial charge in [0.1, 0.15) is 11.6 Å². The molecule has 0 fully saturated rings. The Morgan fingerprint density at radius 1 is 1.16 bits per heavy atom. The topological polar surface area (TPSA) is 20.7 Å². The van der Waals surface area contributed by atoms with Gasteiger partial charge in [-0.15, -0.1) is 0 Å². The van der Waals surface area contributed by atoms with Crippen LogP contribution >= 0.6 is 28.1 Å². The number of hydrogen-bond acceptors (Lipinski definition) is 1. The second kappa shape index (κ2) is 4.54. The van der Waals surface area contributed by atoms with Gasteiger partial charge >= 0.3 is 0 Å². The molecule has 2 aromatic carbocycles. The van der Waals surface area contributed by atoms with Gasteiger partial charge in [-0.1, -0.05) is 6.07 Å². The van der Waals surface area contributed by atoms with Crippen molar-refractivity contribution in [2.45, 2.75) is 0 Å². The Kier molecular flexibility index (Phi) is 2.99. The molecule has 1 aromatic heterocycles. The summed E-state index contributed by atoms with van der Waals surface area (Å²) in [5.41, 5.74) is 1.80. The van der Waals surface area contributed by atoms with Crippen LogP contribution < -0.4 is 0 Å². The number of hydrogen-bond donors (Lipinski definition) is 1. The van der Waals surface area contributed by atoms with Crippen LogP contribution in [0.3, 0.4) is 0 Å². The van der Waals surface area contributed by atoms with E-state index in [9.17, 15) is 8.78 Å². The number of aromatic amines is 1. The second-order valence-electron chi connectivity index (χ2n) is 4.03. The molecule has 0 bridgehead atoms. The van der Waals surface area contributed by atoms with Crippen molar-refractivity contribution in [3.63, 3.8) is 0 Å². The zero-order valence-corrected chi connectivity index (χ0v) is 11.9. The molecule has 96 valence electrons. The molecule has 0 aliphatic carbocycles. The summed E-state index contributed by atoms with van der Waals surface area (Å²) in [4.78, 5) is 2.97. The van der Waals surface area contributed by atoms with E-state index in [-0.39, 0.29) is 5.82 Å². The smallest absolute Gasteiger partial charge is 0.182 e. The summed E-state index contributed by atoms with van der Waals surface area (Å²) in [7, 11) is 0. The van der Waals surface area contributed by atoms with Crippen LogP contribution in [0.25, 0.3) is 16.7 Å². The average molecular weight is 341 g/mol. The fourth-order valence-corrected chi connectivity index (χ4v) is 2.63. The zero-order chi connectivity index (χ0) is 13.6. The Morgan fingerprint density at radius 3 is 2.68 bits per heavy atom. The molecule has 19 heavy (non-hydrogen) atoms. The molecule has 1 heterocycles. The van der Waals surface area contributed by atoms with E-state index in [1.165, 1.54) is 18.2 Å². The quantitative estimate of drug-likeness (QED) is 0.635. The molecular formula is C13H7BrF2N2S. The van der Waals surface area contributed by atoms with E-state index in [0.717, 1.165) is 0 Å². The van der Waals surface area contributed by atoms with Gasteiger partial charge in [0, 0.05) is 6.07 Å². The van der Waals surface area contributed by atoms with Gasteiger partial charge in [0.15, 0.2) is 4.77 Å². The van der Waals surface area contributed by atoms with Crippen molar-refractivity contribution in [2.24, 2.45) is 0 Å². The number of rotatable bonds is 1. The second-order valence-corrected chi connectivity index (χ2v) is 5.27. The van der Waals surface area contributed by atoms with Crippen molar-refractivity contribution < 1.29 is 8.78 Å². The number of halogens is 3. The minimum atomic E-state index is -0.397. The molecular weight excluding hydrogens is 334 g/mol. The lowest BCUT2D eigenvalue weighted by molar-refractivity contribution is 0.622. The van der Waals surface area contributed by atoms with Gasteiger partial charge in [-0.2, -0.15) is 0 Å². The number of fused-ring (bicyclic) bond motifs is 1. The van der Waals surface area contributed by atoms with E-state index >= 15 is 0 Å². The van der Waals surface area contributed by atoms with Crippen molar-refractivity contribution >= 4 is 39.2 Å². The van der Waals surface area contributed by atoms with Crippen molar-refractivity contribution in [2.75, 3.05) is 0 Å². The third kappa shape index (κ3) is 2.11. The summed E-state index contributed by atoms with van der Waals surface area (Å²) in [6.07, 6.45) is 0. The maximum absolute atomic E-state index is 13.7. The van der Waals surface area contributed by atoms with E-state index in [0.29, 0.717) is 26.0 Å². The van der Waals surface area contributed by atoms with Crippen LogP contribution in [0.2, 0.25) is 0 Å². The van der Waals surface area contributed by atoms with E-state index in [1.54, 1.807) is 22.8 Å². The third-order valence-electron chi connectivity index (χ3n) is 2.79. The maximum atomic E-state index is 13.7. The molecule has 0 saturated carbocycles.